The van der Waals surface area contributed by atoms with Gasteiger partial charge in [0.1, 0.15) is 6.54 Å². The van der Waals surface area contributed by atoms with Crippen LogP contribution in [-0.2, 0) is 9.59 Å². The molecule has 0 spiro atoms. The van der Waals surface area contributed by atoms with Crippen molar-refractivity contribution in [2.24, 2.45) is 5.10 Å². The zero-order chi connectivity index (χ0) is 21.5. The van der Waals surface area contributed by atoms with Crippen molar-refractivity contribution in [2.45, 2.75) is 12.5 Å². The lowest BCUT2D eigenvalue weighted by atomic mass is 10.0. The van der Waals surface area contributed by atoms with Crippen molar-refractivity contribution in [1.29, 1.82) is 0 Å². The smallest absolute Gasteiger partial charge is 0.295 e. The van der Waals surface area contributed by atoms with Crippen LogP contribution in [0.4, 0.5) is 5.69 Å². The summed E-state index contributed by atoms with van der Waals surface area (Å²) in [7, 11) is 0. The summed E-state index contributed by atoms with van der Waals surface area (Å²) < 4.78 is 0. The molecule has 1 unspecified atom stereocenters. The molecule has 2 aliphatic heterocycles. The van der Waals surface area contributed by atoms with Crippen LogP contribution in [0.1, 0.15) is 33.3 Å². The van der Waals surface area contributed by atoms with E-state index in [1.165, 1.54) is 16.0 Å². The number of nitrogens with zero attached hydrogens (tertiary/aromatic N) is 3. The summed E-state index contributed by atoms with van der Waals surface area (Å²) in [6.07, 6.45) is 0.579. The number of benzene rings is 2. The molecule has 5 rings (SSSR count). The Morgan fingerprint density at radius 3 is 2.65 bits per heavy atom. The summed E-state index contributed by atoms with van der Waals surface area (Å²) in [6, 6.07) is 18.0. The third-order valence-electron chi connectivity index (χ3n) is 5.37. The first kappa shape index (κ1) is 19.7. The van der Waals surface area contributed by atoms with Gasteiger partial charge in [-0.3, -0.25) is 19.3 Å². The fraction of sp³-hybridized carbons (Fsp3) is 0.130. The Balaban J connectivity index is 1.46. The SMILES string of the molecule is O=C1C(=O)N(CC(=O)N2N=C(c3ccccc3)CC2c2cccs2)c2ccc(Cl)cc21. The maximum Gasteiger partial charge on any atom is 0.299 e. The minimum atomic E-state index is -0.732. The number of carbonyl (C=O) groups excluding carboxylic acids is 3. The molecule has 0 saturated carbocycles. The third-order valence-corrected chi connectivity index (χ3v) is 6.58. The molecule has 2 amide bonds. The average Bonchev–Trinajstić information content (AvgIpc) is 3.51. The van der Waals surface area contributed by atoms with E-state index in [2.05, 4.69) is 5.10 Å². The second kappa shape index (κ2) is 7.76. The van der Waals surface area contributed by atoms with Gasteiger partial charge in [0.15, 0.2) is 0 Å². The van der Waals surface area contributed by atoms with Crippen molar-refractivity contribution >= 4 is 51.9 Å². The van der Waals surface area contributed by atoms with Crippen LogP contribution in [-0.4, -0.2) is 34.9 Å². The molecule has 0 aliphatic carbocycles. The van der Waals surface area contributed by atoms with Gasteiger partial charge >= 0.3 is 0 Å². The first-order valence-corrected chi connectivity index (χ1v) is 10.9. The first-order valence-electron chi connectivity index (χ1n) is 9.67. The predicted octanol–water partition coefficient (Wildman–Crippen LogP) is 4.31. The van der Waals surface area contributed by atoms with E-state index < -0.39 is 11.7 Å². The van der Waals surface area contributed by atoms with Crippen molar-refractivity contribution < 1.29 is 14.4 Å². The number of rotatable bonds is 4. The van der Waals surface area contributed by atoms with Gasteiger partial charge in [0.05, 0.1) is 23.0 Å². The zero-order valence-corrected chi connectivity index (χ0v) is 17.8. The molecule has 2 aromatic carbocycles. The Bertz CT molecular complexity index is 1220. The van der Waals surface area contributed by atoms with Crippen LogP contribution in [0.25, 0.3) is 0 Å². The highest BCUT2D eigenvalue weighted by atomic mass is 35.5. The number of hydrazone groups is 1. The van der Waals surface area contributed by atoms with Crippen molar-refractivity contribution in [3.8, 4) is 0 Å². The van der Waals surface area contributed by atoms with E-state index in [9.17, 15) is 14.4 Å². The largest absolute Gasteiger partial charge is 0.299 e. The quantitative estimate of drug-likeness (QED) is 0.557. The van der Waals surface area contributed by atoms with Crippen LogP contribution in [0.3, 0.4) is 0 Å². The number of hydrogen-bond acceptors (Lipinski definition) is 5. The van der Waals surface area contributed by atoms with Gasteiger partial charge in [0.25, 0.3) is 17.6 Å². The van der Waals surface area contributed by atoms with Gasteiger partial charge < -0.3 is 0 Å². The molecule has 3 aromatic rings. The van der Waals surface area contributed by atoms with Gasteiger partial charge in [-0.05, 0) is 35.2 Å². The number of hydrogen-bond donors (Lipinski definition) is 0. The summed E-state index contributed by atoms with van der Waals surface area (Å²) in [5, 5.41) is 8.38. The second-order valence-electron chi connectivity index (χ2n) is 7.27. The molecular formula is C23H16ClN3O3S. The van der Waals surface area contributed by atoms with Crippen LogP contribution >= 0.6 is 22.9 Å². The number of anilines is 1. The molecule has 3 heterocycles. The van der Waals surface area contributed by atoms with Crippen molar-refractivity contribution in [3.05, 3.63) is 87.1 Å². The van der Waals surface area contributed by atoms with E-state index in [0.29, 0.717) is 17.1 Å². The lowest BCUT2D eigenvalue weighted by Gasteiger charge is -2.23. The van der Waals surface area contributed by atoms with E-state index in [1.807, 2.05) is 47.8 Å². The Morgan fingerprint density at radius 2 is 1.90 bits per heavy atom. The van der Waals surface area contributed by atoms with E-state index in [-0.39, 0.29) is 24.1 Å². The molecule has 8 heteroatoms. The molecule has 0 fully saturated rings. The van der Waals surface area contributed by atoms with Gasteiger partial charge in [-0.25, -0.2) is 5.01 Å². The van der Waals surface area contributed by atoms with Crippen molar-refractivity contribution in [3.63, 3.8) is 0 Å². The molecule has 31 heavy (non-hydrogen) atoms. The monoisotopic (exact) mass is 449 g/mol. The zero-order valence-electron chi connectivity index (χ0n) is 16.2. The number of thiophene rings is 1. The first-order chi connectivity index (χ1) is 15.0. The van der Waals surface area contributed by atoms with Crippen LogP contribution in [0.2, 0.25) is 5.02 Å². The number of fused-ring (bicyclic) bond motifs is 1. The van der Waals surface area contributed by atoms with Crippen LogP contribution < -0.4 is 4.90 Å². The normalized spacial score (nSPS) is 17.8. The van der Waals surface area contributed by atoms with E-state index in [0.717, 1.165) is 16.2 Å². The molecular weight excluding hydrogens is 434 g/mol. The molecule has 0 bridgehead atoms. The average molecular weight is 450 g/mol. The maximum absolute atomic E-state index is 13.3. The summed E-state index contributed by atoms with van der Waals surface area (Å²) in [6.45, 7) is -0.271. The fourth-order valence-electron chi connectivity index (χ4n) is 3.89. The van der Waals surface area contributed by atoms with Crippen LogP contribution in [0.5, 0.6) is 0 Å². The second-order valence-corrected chi connectivity index (χ2v) is 8.68. The van der Waals surface area contributed by atoms with Gasteiger partial charge in [-0.1, -0.05) is 48.0 Å². The number of Topliss-reactive ketones (excluding diaryl/α,β-unsaturated/α-hetero) is 1. The van der Waals surface area contributed by atoms with Gasteiger partial charge in [-0.2, -0.15) is 5.10 Å². The summed E-state index contributed by atoms with van der Waals surface area (Å²) >= 11 is 7.53. The topological polar surface area (TPSA) is 70.1 Å². The van der Waals surface area contributed by atoms with Crippen LogP contribution in [0, 0.1) is 0 Å². The highest BCUT2D eigenvalue weighted by Gasteiger charge is 2.40. The van der Waals surface area contributed by atoms with Crippen molar-refractivity contribution in [2.75, 3.05) is 11.4 Å². The van der Waals surface area contributed by atoms with E-state index in [4.69, 9.17) is 11.6 Å². The lowest BCUT2D eigenvalue weighted by Crippen LogP contribution is -2.40. The Morgan fingerprint density at radius 1 is 1.10 bits per heavy atom. The van der Waals surface area contributed by atoms with E-state index >= 15 is 0 Å². The Labute approximate surface area is 187 Å². The predicted molar refractivity (Wildman–Crippen MR) is 120 cm³/mol. The molecule has 154 valence electrons. The number of amides is 2. The minimum Gasteiger partial charge on any atom is -0.295 e. The third kappa shape index (κ3) is 3.45. The fourth-order valence-corrected chi connectivity index (χ4v) is 4.87. The minimum absolute atomic E-state index is 0.218. The summed E-state index contributed by atoms with van der Waals surface area (Å²) in [5.41, 5.74) is 2.37. The Hall–Kier alpha value is -3.29. The van der Waals surface area contributed by atoms with Gasteiger partial charge in [-0.15, -0.1) is 11.3 Å². The van der Waals surface area contributed by atoms with Crippen molar-refractivity contribution in [1.82, 2.24) is 5.01 Å². The molecule has 0 saturated heterocycles. The molecule has 1 aromatic heterocycles. The summed E-state index contributed by atoms with van der Waals surface area (Å²) in [4.78, 5) is 40.4. The molecule has 0 radical (unpaired) electrons. The molecule has 0 N–H and O–H groups in total. The summed E-state index contributed by atoms with van der Waals surface area (Å²) in [5.74, 6) is -1.74. The standard InChI is InChI=1S/C23H16ClN3O3S/c24-15-8-9-18-16(11-15)22(29)23(30)26(18)13-21(28)27-19(20-7-4-10-31-20)12-17(25-27)14-5-2-1-3-6-14/h1-11,19H,12-13H2. The van der Waals surface area contributed by atoms with Gasteiger partial charge in [0.2, 0.25) is 0 Å². The highest BCUT2D eigenvalue weighted by molar-refractivity contribution is 7.10. The van der Waals surface area contributed by atoms with Gasteiger partial charge in [0, 0.05) is 16.3 Å². The molecule has 1 atom stereocenters. The molecule has 6 nitrogen and oxygen atoms in total. The number of halogens is 1. The molecule has 2 aliphatic rings. The Kier molecular flexibility index (Phi) is 4.92. The number of ketones is 1. The maximum atomic E-state index is 13.3. The van der Waals surface area contributed by atoms with E-state index in [1.54, 1.807) is 23.5 Å². The number of carbonyl (C=O) groups is 3. The lowest BCUT2D eigenvalue weighted by molar-refractivity contribution is -0.132. The highest BCUT2D eigenvalue weighted by Crippen LogP contribution is 2.36. The van der Waals surface area contributed by atoms with Crippen LogP contribution in [0.15, 0.2) is 71.1 Å².